The molecule has 1 rings (SSSR count). The Morgan fingerprint density at radius 3 is 2.00 bits per heavy atom. The fraction of sp³-hybridized carbons (Fsp3) is 0. The van der Waals surface area contributed by atoms with Gasteiger partial charge in [-0.05, 0) is 0 Å². The van der Waals surface area contributed by atoms with Crippen molar-refractivity contribution in [2.75, 3.05) is 0 Å². The minimum absolute atomic E-state index is 0. The van der Waals surface area contributed by atoms with E-state index >= 15 is 0 Å². The molecule has 0 radical (unpaired) electrons. The van der Waals surface area contributed by atoms with Gasteiger partial charge in [-0.2, -0.15) is 30.3 Å². The number of halogens is 1. The zero-order chi connectivity index (χ0) is 5.11. The van der Waals surface area contributed by atoms with Crippen LogP contribution in [0.4, 0.5) is 0 Å². The van der Waals surface area contributed by atoms with E-state index in [4.69, 9.17) is 11.6 Å². The minimum atomic E-state index is 0. The van der Waals surface area contributed by atoms with Crippen molar-refractivity contribution in [3.05, 3.63) is 35.4 Å². The van der Waals surface area contributed by atoms with Crippen LogP contribution in [-0.4, -0.2) is 0 Å². The molecule has 0 unspecified atom stereocenters. The zero-order valence-electron chi connectivity index (χ0n) is 4.39. The van der Waals surface area contributed by atoms with Crippen LogP contribution in [-0.2, 0) is 19.5 Å². The fourth-order valence-corrected chi connectivity index (χ4v) is 0.493. The molecular formula is C6H4ClZn-. The molecule has 8 heavy (non-hydrogen) atoms. The van der Waals surface area contributed by atoms with Crippen LogP contribution < -0.4 is 0 Å². The van der Waals surface area contributed by atoms with E-state index < -0.39 is 0 Å². The molecule has 0 atom stereocenters. The normalized spacial score (nSPS) is 7.62. The standard InChI is InChI=1S/C6H4Cl.Zn/c7-6-4-2-1-3-5-6;/h2-5H;/q-1;. The van der Waals surface area contributed by atoms with Gasteiger partial charge >= 0.3 is 0 Å². The smallest absolute Gasteiger partial charge is 0 e. The van der Waals surface area contributed by atoms with Crippen LogP contribution in [0.2, 0.25) is 5.02 Å². The molecule has 1 aromatic rings. The summed E-state index contributed by atoms with van der Waals surface area (Å²) < 4.78 is 0. The molecule has 0 saturated carbocycles. The summed E-state index contributed by atoms with van der Waals surface area (Å²) in [6.45, 7) is 0. The Morgan fingerprint density at radius 2 is 1.75 bits per heavy atom. The van der Waals surface area contributed by atoms with E-state index in [1.807, 2.05) is 0 Å². The fourth-order valence-electron chi connectivity index (χ4n) is 0.367. The summed E-state index contributed by atoms with van der Waals surface area (Å²) in [4.78, 5) is 0. The van der Waals surface area contributed by atoms with Crippen molar-refractivity contribution < 1.29 is 19.5 Å². The van der Waals surface area contributed by atoms with Crippen molar-refractivity contribution in [3.63, 3.8) is 0 Å². The molecule has 0 nitrogen and oxygen atoms in total. The summed E-state index contributed by atoms with van der Waals surface area (Å²) in [5, 5.41) is 0.763. The number of rotatable bonds is 0. The van der Waals surface area contributed by atoms with Gasteiger partial charge in [0.25, 0.3) is 0 Å². The van der Waals surface area contributed by atoms with Gasteiger partial charge in [-0.25, -0.2) is 0 Å². The van der Waals surface area contributed by atoms with E-state index in [0.717, 1.165) is 5.02 Å². The van der Waals surface area contributed by atoms with Crippen LogP contribution in [0.1, 0.15) is 0 Å². The first-order valence-corrected chi connectivity index (χ1v) is 2.39. The Kier molecular flexibility index (Phi) is 4.12. The predicted molar refractivity (Wildman–Crippen MR) is 30.3 cm³/mol. The SMILES string of the molecule is Clc1cc[c-]cc1.[Zn]. The van der Waals surface area contributed by atoms with Crippen molar-refractivity contribution >= 4 is 11.6 Å². The summed E-state index contributed by atoms with van der Waals surface area (Å²) in [5.41, 5.74) is 0. The van der Waals surface area contributed by atoms with Gasteiger partial charge < -0.3 is 0 Å². The predicted octanol–water partition coefficient (Wildman–Crippen LogP) is 2.14. The van der Waals surface area contributed by atoms with E-state index in [-0.39, 0.29) is 19.5 Å². The molecule has 38 valence electrons. The molecule has 0 aliphatic rings. The summed E-state index contributed by atoms with van der Waals surface area (Å²) in [7, 11) is 0. The van der Waals surface area contributed by atoms with Crippen LogP contribution in [0.5, 0.6) is 0 Å². The van der Waals surface area contributed by atoms with Crippen LogP contribution >= 0.6 is 11.6 Å². The Morgan fingerprint density at radius 1 is 1.25 bits per heavy atom. The quantitative estimate of drug-likeness (QED) is 0.420. The molecule has 0 aromatic heterocycles. The van der Waals surface area contributed by atoms with Crippen molar-refractivity contribution in [3.8, 4) is 0 Å². The van der Waals surface area contributed by atoms with E-state index in [0.29, 0.717) is 0 Å². The molecule has 0 amide bonds. The maximum Gasteiger partial charge on any atom is 0 e. The van der Waals surface area contributed by atoms with Gasteiger partial charge in [0.2, 0.25) is 0 Å². The van der Waals surface area contributed by atoms with E-state index in [1.165, 1.54) is 0 Å². The van der Waals surface area contributed by atoms with E-state index in [1.54, 1.807) is 24.3 Å². The Balaban J connectivity index is 0.000000490. The number of hydrogen-bond donors (Lipinski definition) is 0. The molecule has 0 aliphatic heterocycles. The molecular weight excluding hydrogens is 173 g/mol. The second kappa shape index (κ2) is 4.06. The molecule has 0 fully saturated rings. The number of benzene rings is 1. The van der Waals surface area contributed by atoms with Gasteiger partial charge in [-0.15, -0.1) is 11.6 Å². The van der Waals surface area contributed by atoms with Gasteiger partial charge in [-0.3, -0.25) is 0 Å². The maximum absolute atomic E-state index is 5.52. The van der Waals surface area contributed by atoms with Gasteiger partial charge in [0.1, 0.15) is 0 Å². The second-order valence-corrected chi connectivity index (χ2v) is 1.65. The molecule has 1 aromatic carbocycles. The van der Waals surface area contributed by atoms with Gasteiger partial charge in [-0.1, -0.05) is 5.02 Å². The maximum atomic E-state index is 5.52. The molecule has 0 spiro atoms. The first-order valence-electron chi connectivity index (χ1n) is 2.01. The first-order chi connectivity index (χ1) is 3.39. The van der Waals surface area contributed by atoms with E-state index in [2.05, 4.69) is 6.07 Å². The van der Waals surface area contributed by atoms with Crippen molar-refractivity contribution in [1.29, 1.82) is 0 Å². The van der Waals surface area contributed by atoms with Gasteiger partial charge in [0.05, 0.1) is 0 Å². The van der Waals surface area contributed by atoms with Gasteiger partial charge in [0.15, 0.2) is 0 Å². The third-order valence-corrected chi connectivity index (χ3v) is 0.930. The zero-order valence-corrected chi connectivity index (χ0v) is 8.12. The van der Waals surface area contributed by atoms with Crippen molar-refractivity contribution in [2.45, 2.75) is 0 Å². The third kappa shape index (κ3) is 2.44. The van der Waals surface area contributed by atoms with Crippen LogP contribution in [0.15, 0.2) is 24.3 Å². The molecule has 0 heterocycles. The molecule has 0 aliphatic carbocycles. The summed E-state index contributed by atoms with van der Waals surface area (Å²) in [6.07, 6.45) is 0. The second-order valence-electron chi connectivity index (χ2n) is 1.22. The first kappa shape index (κ1) is 8.13. The molecule has 0 N–H and O–H groups in total. The Labute approximate surface area is 66.6 Å². The van der Waals surface area contributed by atoms with E-state index in [9.17, 15) is 0 Å². The summed E-state index contributed by atoms with van der Waals surface area (Å²) in [6, 6.07) is 10.00. The third-order valence-electron chi connectivity index (χ3n) is 0.678. The van der Waals surface area contributed by atoms with Crippen molar-refractivity contribution in [1.82, 2.24) is 0 Å². The summed E-state index contributed by atoms with van der Waals surface area (Å²) in [5.74, 6) is 0. The monoisotopic (exact) mass is 175 g/mol. The average Bonchev–Trinajstić information content (AvgIpc) is 1.69. The minimum Gasteiger partial charge on any atom is -0.184 e. The largest absolute Gasteiger partial charge is 0.184 e. The Bertz CT molecular complexity index is 138. The van der Waals surface area contributed by atoms with Crippen LogP contribution in [0.25, 0.3) is 0 Å². The Hall–Kier alpha value is 0.133. The van der Waals surface area contributed by atoms with Crippen molar-refractivity contribution in [2.24, 2.45) is 0 Å². The van der Waals surface area contributed by atoms with Crippen LogP contribution in [0.3, 0.4) is 0 Å². The average molecular weight is 177 g/mol. The molecule has 2 heteroatoms. The topological polar surface area (TPSA) is 0 Å². The van der Waals surface area contributed by atoms with Gasteiger partial charge in [0, 0.05) is 19.5 Å². The molecule has 0 bridgehead atoms. The number of hydrogen-bond acceptors (Lipinski definition) is 0. The molecule has 0 saturated heterocycles. The van der Waals surface area contributed by atoms with Crippen LogP contribution in [0, 0.1) is 6.07 Å². The summed E-state index contributed by atoms with van der Waals surface area (Å²) >= 11 is 5.52.